The molecule has 4 heterocycles. The number of carbonyl (C=O) groups is 1. The van der Waals surface area contributed by atoms with Gasteiger partial charge in [-0.1, -0.05) is 53.5 Å². The Morgan fingerprint density at radius 3 is 2.70 bits per heavy atom. The number of pyridine rings is 1. The van der Waals surface area contributed by atoms with Gasteiger partial charge in [0.2, 0.25) is 0 Å². The molecule has 0 bridgehead atoms. The van der Waals surface area contributed by atoms with E-state index < -0.39 is 6.17 Å². The number of para-hydroxylation sites is 1. The summed E-state index contributed by atoms with van der Waals surface area (Å²) < 4.78 is 11.4. The van der Waals surface area contributed by atoms with Crippen molar-refractivity contribution in [2.75, 3.05) is 32.9 Å². The third-order valence-corrected chi connectivity index (χ3v) is 7.72. The summed E-state index contributed by atoms with van der Waals surface area (Å²) in [5.74, 6) is 0.793. The quantitative estimate of drug-likeness (QED) is 0.492. The Balaban J connectivity index is 1.37. The molecule has 6 rings (SSSR count). The first-order valence-corrected chi connectivity index (χ1v) is 13.0. The number of benzene rings is 2. The van der Waals surface area contributed by atoms with Crippen LogP contribution in [0.3, 0.4) is 0 Å². The maximum Gasteiger partial charge on any atom is 0.340 e. The molecule has 1 aromatic heterocycles. The minimum atomic E-state index is -0.503. The highest BCUT2D eigenvalue weighted by molar-refractivity contribution is 6.43. The van der Waals surface area contributed by atoms with Crippen molar-refractivity contribution in [3.8, 4) is 16.9 Å². The van der Waals surface area contributed by atoms with Crippen LogP contribution in [0.15, 0.2) is 59.8 Å². The van der Waals surface area contributed by atoms with Crippen LogP contribution < -0.4 is 10.1 Å². The summed E-state index contributed by atoms with van der Waals surface area (Å²) in [5, 5.41) is 10.3. The van der Waals surface area contributed by atoms with E-state index in [1.165, 1.54) is 5.01 Å². The lowest BCUT2D eigenvalue weighted by molar-refractivity contribution is -0.0247. The number of aromatic nitrogens is 1. The number of ether oxygens (including phenoxy) is 2. The van der Waals surface area contributed by atoms with E-state index in [0.29, 0.717) is 49.4 Å². The number of hydrazone groups is 1. The Bertz CT molecular complexity index is 1360. The first-order valence-electron chi connectivity index (χ1n) is 12.2. The maximum absolute atomic E-state index is 13.7. The number of nitrogens with one attached hydrogen (secondary N) is 1. The second kappa shape index (κ2) is 10.3. The molecule has 1 N–H and O–H groups in total. The third-order valence-electron chi connectivity index (χ3n) is 6.91. The van der Waals surface area contributed by atoms with Crippen LogP contribution in [0.1, 0.15) is 35.4 Å². The number of nitrogens with zero attached hydrogens (tertiary/aromatic N) is 4. The van der Waals surface area contributed by atoms with E-state index in [-0.39, 0.29) is 12.1 Å². The Labute approximate surface area is 224 Å². The topological polar surface area (TPSA) is 79.3 Å². The number of halogens is 2. The Kier molecular flexibility index (Phi) is 6.73. The van der Waals surface area contributed by atoms with E-state index in [1.54, 1.807) is 18.5 Å². The number of hydrogen-bond acceptors (Lipinski definition) is 6. The lowest BCUT2D eigenvalue weighted by Crippen LogP contribution is -2.51. The molecule has 190 valence electrons. The van der Waals surface area contributed by atoms with Crippen LogP contribution in [0.5, 0.6) is 5.75 Å². The average Bonchev–Trinajstić information content (AvgIpc) is 2.94. The molecule has 3 aliphatic rings. The van der Waals surface area contributed by atoms with Crippen LogP contribution in [0, 0.1) is 0 Å². The van der Waals surface area contributed by atoms with Crippen molar-refractivity contribution in [2.45, 2.75) is 18.6 Å². The Hall–Kier alpha value is -3.17. The van der Waals surface area contributed by atoms with Gasteiger partial charge in [0.1, 0.15) is 5.75 Å². The molecule has 1 fully saturated rings. The molecule has 2 amide bonds. The fraction of sp³-hybridized carbons (Fsp3) is 0.296. The molecule has 8 nitrogen and oxygen atoms in total. The summed E-state index contributed by atoms with van der Waals surface area (Å²) in [7, 11) is 0. The van der Waals surface area contributed by atoms with E-state index in [2.05, 4.69) is 15.3 Å². The van der Waals surface area contributed by atoms with Crippen molar-refractivity contribution in [1.29, 1.82) is 0 Å². The number of urea groups is 1. The SMILES string of the molecule is O=C(N[C@H]1CCOc2ccccc21)N1N=Cc2c(-c3cccc(Cl)c3Cl)ccnc2C1N1CCOCC1. The summed E-state index contributed by atoms with van der Waals surface area (Å²) in [4.78, 5) is 20.6. The van der Waals surface area contributed by atoms with E-state index in [4.69, 9.17) is 37.7 Å². The summed E-state index contributed by atoms with van der Waals surface area (Å²) in [6.45, 7) is 2.96. The number of carbonyl (C=O) groups excluding carboxylic acids is 1. The van der Waals surface area contributed by atoms with Gasteiger partial charge >= 0.3 is 6.03 Å². The standard InChI is InChI=1S/C27H25Cl2N5O3/c28-21-6-3-5-18(24(21)29)17-8-10-30-25-20(17)16-31-34(26(25)33-11-14-36-15-12-33)27(35)32-22-9-13-37-23-7-2-1-4-19(22)23/h1-8,10,16,22,26H,9,11-15H2,(H,32,35)/t22-,26?/m0/s1. The van der Waals surface area contributed by atoms with Crippen LogP contribution in [-0.2, 0) is 4.74 Å². The number of rotatable bonds is 3. The van der Waals surface area contributed by atoms with Crippen LogP contribution in [0.2, 0.25) is 10.0 Å². The van der Waals surface area contributed by atoms with Gasteiger partial charge in [-0.25, -0.2) is 4.79 Å². The normalized spacial score (nSPS) is 21.1. The second-order valence-corrected chi connectivity index (χ2v) is 9.83. The van der Waals surface area contributed by atoms with Gasteiger partial charge in [-0.2, -0.15) is 10.1 Å². The lowest BCUT2D eigenvalue weighted by atomic mass is 9.97. The first-order chi connectivity index (χ1) is 18.1. The molecule has 1 saturated heterocycles. The highest BCUT2D eigenvalue weighted by Gasteiger charge is 2.38. The van der Waals surface area contributed by atoms with Crippen molar-refractivity contribution in [2.24, 2.45) is 5.10 Å². The molecule has 0 aliphatic carbocycles. The highest BCUT2D eigenvalue weighted by Crippen LogP contribution is 2.40. The van der Waals surface area contributed by atoms with Crippen molar-refractivity contribution >= 4 is 35.4 Å². The lowest BCUT2D eigenvalue weighted by Gasteiger charge is -2.41. The Morgan fingerprint density at radius 2 is 1.84 bits per heavy atom. The largest absolute Gasteiger partial charge is 0.493 e. The average molecular weight is 538 g/mol. The summed E-state index contributed by atoms with van der Waals surface area (Å²) in [6.07, 6.45) is 3.60. The number of fused-ring (bicyclic) bond motifs is 2. The molecule has 10 heteroatoms. The smallest absolute Gasteiger partial charge is 0.340 e. The fourth-order valence-corrected chi connectivity index (χ4v) is 5.50. The zero-order valence-electron chi connectivity index (χ0n) is 19.9. The second-order valence-electron chi connectivity index (χ2n) is 9.05. The van der Waals surface area contributed by atoms with E-state index >= 15 is 0 Å². The van der Waals surface area contributed by atoms with Gasteiger partial charge in [0.25, 0.3) is 0 Å². The van der Waals surface area contributed by atoms with Gasteiger partial charge in [0.15, 0.2) is 6.17 Å². The molecule has 3 aromatic rings. The van der Waals surface area contributed by atoms with Gasteiger partial charge in [-0.15, -0.1) is 0 Å². The Morgan fingerprint density at radius 1 is 1.00 bits per heavy atom. The minimum Gasteiger partial charge on any atom is -0.493 e. The minimum absolute atomic E-state index is 0.177. The van der Waals surface area contributed by atoms with Crippen molar-refractivity contribution in [3.05, 3.63) is 81.6 Å². The van der Waals surface area contributed by atoms with Gasteiger partial charge in [0, 0.05) is 42.4 Å². The fourth-order valence-electron chi connectivity index (χ4n) is 5.10. The number of morpholine rings is 1. The third kappa shape index (κ3) is 4.55. The van der Waals surface area contributed by atoms with Gasteiger partial charge in [0.05, 0.1) is 47.8 Å². The molecular formula is C27H25Cl2N5O3. The van der Waals surface area contributed by atoms with E-state index in [9.17, 15) is 4.79 Å². The first kappa shape index (κ1) is 24.2. The summed E-state index contributed by atoms with van der Waals surface area (Å²) in [5.41, 5.74) is 4.15. The molecule has 1 unspecified atom stereocenters. The molecule has 0 saturated carbocycles. The number of hydrogen-bond donors (Lipinski definition) is 1. The summed E-state index contributed by atoms with van der Waals surface area (Å²) >= 11 is 12.9. The highest BCUT2D eigenvalue weighted by atomic mass is 35.5. The van der Waals surface area contributed by atoms with Crippen LogP contribution >= 0.6 is 23.2 Å². The van der Waals surface area contributed by atoms with Crippen molar-refractivity contribution < 1.29 is 14.3 Å². The van der Waals surface area contributed by atoms with Gasteiger partial charge < -0.3 is 14.8 Å². The van der Waals surface area contributed by atoms with E-state index in [1.807, 2.05) is 42.5 Å². The summed E-state index contributed by atoms with van der Waals surface area (Å²) in [6, 6.07) is 14.7. The van der Waals surface area contributed by atoms with E-state index in [0.717, 1.165) is 33.7 Å². The van der Waals surface area contributed by atoms with Crippen molar-refractivity contribution in [1.82, 2.24) is 20.2 Å². The molecule has 0 radical (unpaired) electrons. The predicted octanol–water partition coefficient (Wildman–Crippen LogP) is 5.27. The molecule has 2 aromatic carbocycles. The van der Waals surface area contributed by atoms with Crippen molar-refractivity contribution in [3.63, 3.8) is 0 Å². The maximum atomic E-state index is 13.7. The van der Waals surface area contributed by atoms with Gasteiger partial charge in [-0.3, -0.25) is 9.88 Å². The monoisotopic (exact) mass is 537 g/mol. The zero-order valence-corrected chi connectivity index (χ0v) is 21.5. The number of amides is 2. The van der Waals surface area contributed by atoms with Crippen LogP contribution in [-0.4, -0.2) is 60.0 Å². The van der Waals surface area contributed by atoms with Gasteiger partial charge in [-0.05, 0) is 23.8 Å². The molecule has 3 aliphatic heterocycles. The molecular weight excluding hydrogens is 513 g/mol. The zero-order chi connectivity index (χ0) is 25.4. The predicted molar refractivity (Wildman–Crippen MR) is 142 cm³/mol. The molecule has 0 spiro atoms. The molecule has 2 atom stereocenters. The van der Waals surface area contributed by atoms with Crippen LogP contribution in [0.25, 0.3) is 11.1 Å². The molecule has 37 heavy (non-hydrogen) atoms. The van der Waals surface area contributed by atoms with Crippen LogP contribution in [0.4, 0.5) is 4.79 Å².